The molecule has 0 aliphatic rings. The number of aromatic nitrogens is 5. The number of hydrogen-bond acceptors (Lipinski definition) is 7. The zero-order valence-corrected chi connectivity index (χ0v) is 19.3. The third-order valence-corrected chi connectivity index (χ3v) is 5.12. The van der Waals surface area contributed by atoms with Crippen molar-refractivity contribution in [2.45, 2.75) is 6.92 Å². The van der Waals surface area contributed by atoms with Crippen molar-refractivity contribution >= 4 is 28.8 Å². The molecular weight excluding hydrogens is 458 g/mol. The van der Waals surface area contributed by atoms with Crippen molar-refractivity contribution in [2.24, 2.45) is 0 Å². The lowest BCUT2D eigenvalue weighted by molar-refractivity contribution is -0.118. The summed E-state index contributed by atoms with van der Waals surface area (Å²) in [5.74, 6) is 0.504. The molecule has 0 saturated carbocycles. The van der Waals surface area contributed by atoms with Gasteiger partial charge in [-0.15, -0.1) is 10.2 Å². The maximum atomic E-state index is 12.5. The summed E-state index contributed by atoms with van der Waals surface area (Å²) in [6, 6.07) is 23.4. The number of carbonyl (C=O) groups is 2. The largest absolute Gasteiger partial charge is 0.484 e. The van der Waals surface area contributed by atoms with E-state index in [1.807, 2.05) is 48.5 Å². The zero-order chi connectivity index (χ0) is 24.9. The van der Waals surface area contributed by atoms with Gasteiger partial charge in [-0.05, 0) is 48.5 Å². The average molecular weight is 480 g/mol. The van der Waals surface area contributed by atoms with Crippen LogP contribution in [0.1, 0.15) is 6.92 Å². The van der Waals surface area contributed by atoms with Gasteiger partial charge in [0.1, 0.15) is 11.4 Å². The predicted octanol–water partition coefficient (Wildman–Crippen LogP) is 3.83. The molecule has 3 heterocycles. The van der Waals surface area contributed by atoms with E-state index in [1.54, 1.807) is 41.0 Å². The van der Waals surface area contributed by atoms with Crippen LogP contribution in [0.3, 0.4) is 0 Å². The van der Waals surface area contributed by atoms with Crippen LogP contribution in [0.5, 0.6) is 5.75 Å². The minimum atomic E-state index is -0.322. The summed E-state index contributed by atoms with van der Waals surface area (Å²) >= 11 is 0. The molecule has 3 aromatic heterocycles. The van der Waals surface area contributed by atoms with Gasteiger partial charge in [-0.2, -0.15) is 9.61 Å². The molecule has 0 radical (unpaired) electrons. The molecule has 178 valence electrons. The number of hydrogen-bond donors (Lipinski definition) is 2. The van der Waals surface area contributed by atoms with Gasteiger partial charge in [-0.25, -0.2) is 0 Å². The quantitative estimate of drug-likeness (QED) is 0.364. The molecule has 0 unspecified atom stereocenters. The fourth-order valence-corrected chi connectivity index (χ4v) is 3.57. The van der Waals surface area contributed by atoms with Gasteiger partial charge in [0.05, 0.1) is 5.69 Å². The first-order chi connectivity index (χ1) is 17.5. The second kappa shape index (κ2) is 10.0. The highest BCUT2D eigenvalue weighted by Gasteiger charge is 2.12. The topological polar surface area (TPSA) is 123 Å². The number of nitrogens with one attached hydrogen (secondary N) is 2. The van der Waals surface area contributed by atoms with Crippen LogP contribution in [0, 0.1) is 0 Å². The molecule has 36 heavy (non-hydrogen) atoms. The maximum absolute atomic E-state index is 12.5. The Labute approximate surface area is 206 Å². The standard InChI is InChI=1S/C26H21N7O3/c1-17(34)28-20-8-5-9-21(15-20)36-16-25(35)29-19-7-4-6-18(14-19)22-11-12-24-30-31-26(33(24)32-22)23-10-2-3-13-27-23/h2-15H,16H2,1H3,(H,28,34)(H,29,35). The second-order valence-electron chi connectivity index (χ2n) is 7.85. The van der Waals surface area contributed by atoms with E-state index in [4.69, 9.17) is 9.84 Å². The van der Waals surface area contributed by atoms with Crippen molar-refractivity contribution in [1.29, 1.82) is 0 Å². The Bertz CT molecular complexity index is 1550. The van der Waals surface area contributed by atoms with E-state index >= 15 is 0 Å². The van der Waals surface area contributed by atoms with E-state index in [-0.39, 0.29) is 18.4 Å². The van der Waals surface area contributed by atoms with Gasteiger partial charge >= 0.3 is 0 Å². The predicted molar refractivity (Wildman–Crippen MR) is 134 cm³/mol. The highest BCUT2D eigenvalue weighted by molar-refractivity contribution is 5.92. The Balaban J connectivity index is 1.30. The van der Waals surface area contributed by atoms with Crippen molar-refractivity contribution in [2.75, 3.05) is 17.2 Å². The van der Waals surface area contributed by atoms with Crippen LogP contribution in [-0.2, 0) is 9.59 Å². The van der Waals surface area contributed by atoms with Crippen molar-refractivity contribution in [3.63, 3.8) is 0 Å². The Morgan fingerprint density at radius 1 is 0.861 bits per heavy atom. The van der Waals surface area contributed by atoms with Crippen LogP contribution in [-0.4, -0.2) is 43.2 Å². The molecule has 0 bridgehead atoms. The number of amides is 2. The second-order valence-corrected chi connectivity index (χ2v) is 7.85. The smallest absolute Gasteiger partial charge is 0.262 e. The van der Waals surface area contributed by atoms with Gasteiger partial charge in [0, 0.05) is 36.1 Å². The number of ether oxygens (including phenoxy) is 1. The van der Waals surface area contributed by atoms with E-state index in [1.165, 1.54) is 6.92 Å². The molecule has 10 nitrogen and oxygen atoms in total. The van der Waals surface area contributed by atoms with Crippen LogP contribution in [0.4, 0.5) is 11.4 Å². The van der Waals surface area contributed by atoms with Gasteiger partial charge in [-0.1, -0.05) is 24.3 Å². The zero-order valence-electron chi connectivity index (χ0n) is 19.3. The first-order valence-corrected chi connectivity index (χ1v) is 11.1. The molecular formula is C26H21N7O3. The molecule has 2 amide bonds. The Morgan fingerprint density at radius 3 is 2.50 bits per heavy atom. The maximum Gasteiger partial charge on any atom is 0.262 e. The van der Waals surface area contributed by atoms with Gasteiger partial charge in [-0.3, -0.25) is 14.6 Å². The Kier molecular flexibility index (Phi) is 6.31. The van der Waals surface area contributed by atoms with E-state index in [2.05, 4.69) is 25.8 Å². The van der Waals surface area contributed by atoms with E-state index in [0.29, 0.717) is 40.0 Å². The molecule has 0 saturated heterocycles. The summed E-state index contributed by atoms with van der Waals surface area (Å²) < 4.78 is 7.22. The number of carbonyl (C=O) groups excluding carboxylic acids is 2. The van der Waals surface area contributed by atoms with Crippen LogP contribution in [0.15, 0.2) is 85.1 Å². The highest BCUT2D eigenvalue weighted by atomic mass is 16.5. The number of rotatable bonds is 7. The lowest BCUT2D eigenvalue weighted by Gasteiger charge is -2.10. The fraction of sp³-hybridized carbons (Fsp3) is 0.0769. The number of anilines is 2. The minimum Gasteiger partial charge on any atom is -0.484 e. The number of nitrogens with zero attached hydrogens (tertiary/aromatic N) is 5. The van der Waals surface area contributed by atoms with Gasteiger partial charge < -0.3 is 15.4 Å². The van der Waals surface area contributed by atoms with Gasteiger partial charge in [0.15, 0.2) is 12.3 Å². The average Bonchev–Trinajstić information content (AvgIpc) is 3.31. The summed E-state index contributed by atoms with van der Waals surface area (Å²) in [5, 5.41) is 18.6. The summed E-state index contributed by atoms with van der Waals surface area (Å²) in [6.07, 6.45) is 1.69. The summed E-state index contributed by atoms with van der Waals surface area (Å²) in [7, 11) is 0. The lowest BCUT2D eigenvalue weighted by atomic mass is 10.1. The third kappa shape index (κ3) is 5.17. The van der Waals surface area contributed by atoms with Crippen molar-refractivity contribution in [1.82, 2.24) is 24.8 Å². The van der Waals surface area contributed by atoms with Crippen molar-refractivity contribution < 1.29 is 14.3 Å². The molecule has 0 fully saturated rings. The molecule has 5 aromatic rings. The summed E-state index contributed by atoms with van der Waals surface area (Å²) in [4.78, 5) is 28.1. The van der Waals surface area contributed by atoms with Crippen molar-refractivity contribution in [3.8, 4) is 28.5 Å². The van der Waals surface area contributed by atoms with Gasteiger partial charge in [0.2, 0.25) is 11.7 Å². The lowest BCUT2D eigenvalue weighted by Crippen LogP contribution is -2.20. The summed E-state index contributed by atoms with van der Waals surface area (Å²) in [5.41, 5.74) is 3.95. The normalized spacial score (nSPS) is 10.7. The molecule has 2 N–H and O–H groups in total. The SMILES string of the molecule is CC(=O)Nc1cccc(OCC(=O)Nc2cccc(-c3ccc4nnc(-c5ccccn5)n4n3)c2)c1. The molecule has 0 spiro atoms. The number of pyridine rings is 1. The van der Waals surface area contributed by atoms with Crippen LogP contribution in [0.25, 0.3) is 28.4 Å². The van der Waals surface area contributed by atoms with Crippen LogP contribution < -0.4 is 15.4 Å². The fourth-order valence-electron chi connectivity index (χ4n) is 3.57. The monoisotopic (exact) mass is 479 g/mol. The summed E-state index contributed by atoms with van der Waals surface area (Å²) in [6.45, 7) is 1.24. The molecule has 0 aliphatic heterocycles. The first-order valence-electron chi connectivity index (χ1n) is 11.1. The molecule has 2 aromatic carbocycles. The van der Waals surface area contributed by atoms with Crippen LogP contribution >= 0.6 is 0 Å². The molecule has 10 heteroatoms. The van der Waals surface area contributed by atoms with Crippen LogP contribution in [0.2, 0.25) is 0 Å². The molecule has 0 aliphatic carbocycles. The Morgan fingerprint density at radius 2 is 1.69 bits per heavy atom. The Hall–Kier alpha value is -5.12. The highest BCUT2D eigenvalue weighted by Crippen LogP contribution is 2.23. The molecule has 5 rings (SSSR count). The third-order valence-electron chi connectivity index (χ3n) is 5.12. The van der Waals surface area contributed by atoms with E-state index in [9.17, 15) is 9.59 Å². The minimum absolute atomic E-state index is 0.185. The first kappa shape index (κ1) is 22.7. The van der Waals surface area contributed by atoms with Crippen molar-refractivity contribution in [3.05, 3.63) is 85.1 Å². The van der Waals surface area contributed by atoms with E-state index in [0.717, 1.165) is 5.56 Å². The van der Waals surface area contributed by atoms with Gasteiger partial charge in [0.25, 0.3) is 5.91 Å². The number of fused-ring (bicyclic) bond motifs is 1. The molecule has 0 atom stereocenters. The number of benzene rings is 2. The van der Waals surface area contributed by atoms with E-state index < -0.39 is 0 Å².